The largest absolute Gasteiger partial charge is 0.326 e. The van der Waals surface area contributed by atoms with Gasteiger partial charge >= 0.3 is 0 Å². The molecule has 0 saturated heterocycles. The summed E-state index contributed by atoms with van der Waals surface area (Å²) >= 11 is 4.83. The van der Waals surface area contributed by atoms with Crippen LogP contribution in [0.15, 0.2) is 30.3 Å². The van der Waals surface area contributed by atoms with Gasteiger partial charge in [-0.05, 0) is 24.4 Å². The summed E-state index contributed by atoms with van der Waals surface area (Å²) in [7, 11) is -1.66. The Hall–Kier alpha value is -0.940. The van der Waals surface area contributed by atoms with Gasteiger partial charge in [0.25, 0.3) is 0 Å². The Morgan fingerprint density at radius 1 is 1.29 bits per heavy atom. The molecule has 0 aliphatic heterocycles. The van der Waals surface area contributed by atoms with Crippen molar-refractivity contribution in [1.82, 2.24) is 0 Å². The molecule has 14 heavy (non-hydrogen) atoms. The summed E-state index contributed by atoms with van der Waals surface area (Å²) < 4.78 is 22.3. The third-order valence-electron chi connectivity index (χ3n) is 1.73. The lowest BCUT2D eigenvalue weighted by atomic mass is 10.3. The molecule has 0 aliphatic rings. The summed E-state index contributed by atoms with van der Waals surface area (Å²) in [6.07, 6.45) is 1.11. The second-order valence-corrected chi connectivity index (χ2v) is 5.51. The SMILES string of the molecule is CN(C(=S)S(C)(=O)=O)c1ccccc1. The van der Waals surface area contributed by atoms with E-state index in [1.165, 1.54) is 4.90 Å². The van der Waals surface area contributed by atoms with Crippen molar-refractivity contribution in [3.63, 3.8) is 0 Å². The fourth-order valence-corrected chi connectivity index (χ4v) is 1.71. The van der Waals surface area contributed by atoms with E-state index in [1.54, 1.807) is 19.2 Å². The number of hydrogen-bond donors (Lipinski definition) is 0. The second-order valence-electron chi connectivity index (χ2n) is 2.93. The quantitative estimate of drug-likeness (QED) is 0.683. The molecule has 76 valence electrons. The van der Waals surface area contributed by atoms with Crippen LogP contribution in [0, 0.1) is 0 Å². The third kappa shape index (κ3) is 2.52. The smallest absolute Gasteiger partial charge is 0.201 e. The lowest BCUT2D eigenvalue weighted by Gasteiger charge is -2.18. The van der Waals surface area contributed by atoms with Crippen molar-refractivity contribution in [2.24, 2.45) is 0 Å². The highest BCUT2D eigenvalue weighted by atomic mass is 32.2. The van der Waals surface area contributed by atoms with Crippen molar-refractivity contribution in [2.75, 3.05) is 18.2 Å². The van der Waals surface area contributed by atoms with Crippen LogP contribution in [-0.2, 0) is 9.84 Å². The van der Waals surface area contributed by atoms with Gasteiger partial charge in [-0.2, -0.15) is 0 Å². The van der Waals surface area contributed by atoms with Gasteiger partial charge in [0.2, 0.25) is 9.84 Å². The van der Waals surface area contributed by atoms with Crippen molar-refractivity contribution < 1.29 is 8.42 Å². The number of thiocarbonyl (C=S) groups is 1. The number of hydrogen-bond acceptors (Lipinski definition) is 3. The molecule has 0 spiro atoms. The number of anilines is 1. The average molecular weight is 229 g/mol. The molecule has 1 aromatic carbocycles. The van der Waals surface area contributed by atoms with Crippen molar-refractivity contribution >= 4 is 32.1 Å². The van der Waals surface area contributed by atoms with Crippen LogP contribution in [0.2, 0.25) is 0 Å². The van der Waals surface area contributed by atoms with Crippen LogP contribution in [-0.4, -0.2) is 26.0 Å². The Morgan fingerprint density at radius 2 is 1.79 bits per heavy atom. The summed E-state index contributed by atoms with van der Waals surface area (Å²) in [5.41, 5.74) is 0.767. The molecule has 0 amide bonds. The van der Waals surface area contributed by atoms with E-state index in [0.717, 1.165) is 11.9 Å². The highest BCUT2D eigenvalue weighted by molar-refractivity contribution is 8.17. The zero-order chi connectivity index (χ0) is 10.8. The molecule has 0 saturated carbocycles. The number of benzene rings is 1. The number of sulfone groups is 1. The Labute approximate surface area is 89.3 Å². The molecule has 0 aliphatic carbocycles. The first-order valence-electron chi connectivity index (χ1n) is 3.95. The summed E-state index contributed by atoms with van der Waals surface area (Å²) in [6, 6.07) is 9.13. The predicted octanol–water partition coefficient (Wildman–Crippen LogP) is 1.45. The van der Waals surface area contributed by atoms with Gasteiger partial charge in [-0.25, -0.2) is 8.42 Å². The Balaban J connectivity index is 2.99. The second kappa shape index (κ2) is 4.06. The van der Waals surface area contributed by atoms with Gasteiger partial charge in [0.1, 0.15) is 0 Å². The van der Waals surface area contributed by atoms with Crippen molar-refractivity contribution in [2.45, 2.75) is 0 Å². The topological polar surface area (TPSA) is 37.4 Å². The Morgan fingerprint density at radius 3 is 2.21 bits per heavy atom. The first kappa shape index (κ1) is 11.1. The summed E-state index contributed by atoms with van der Waals surface area (Å²) in [5.74, 6) is 0. The van der Waals surface area contributed by atoms with E-state index in [4.69, 9.17) is 12.2 Å². The van der Waals surface area contributed by atoms with Gasteiger partial charge in [0.15, 0.2) is 4.32 Å². The maximum absolute atomic E-state index is 11.2. The lowest BCUT2D eigenvalue weighted by molar-refractivity contribution is 0.612. The molecule has 0 fully saturated rings. The van der Waals surface area contributed by atoms with E-state index in [0.29, 0.717) is 0 Å². The molecule has 0 atom stereocenters. The van der Waals surface area contributed by atoms with Gasteiger partial charge < -0.3 is 4.90 Å². The van der Waals surface area contributed by atoms with Gasteiger partial charge in [-0.15, -0.1) is 0 Å². The minimum absolute atomic E-state index is 0.0660. The molecule has 0 bridgehead atoms. The van der Waals surface area contributed by atoms with Crippen LogP contribution >= 0.6 is 12.2 Å². The van der Waals surface area contributed by atoms with Gasteiger partial charge in [-0.1, -0.05) is 18.2 Å². The standard InChI is InChI=1S/C9H11NO2S2/c1-10(9(13)14(2,11)12)8-6-4-3-5-7-8/h3-7H,1-2H3. The summed E-state index contributed by atoms with van der Waals surface area (Å²) in [6.45, 7) is 0. The number of nitrogens with zero attached hydrogens (tertiary/aromatic N) is 1. The Bertz CT molecular complexity index is 425. The molecular weight excluding hydrogens is 218 g/mol. The molecule has 5 heteroatoms. The zero-order valence-electron chi connectivity index (χ0n) is 7.97. The molecule has 1 rings (SSSR count). The van der Waals surface area contributed by atoms with Crippen LogP contribution in [0.25, 0.3) is 0 Å². The van der Waals surface area contributed by atoms with Crippen LogP contribution < -0.4 is 4.90 Å². The first-order chi connectivity index (χ1) is 6.43. The first-order valence-corrected chi connectivity index (χ1v) is 6.25. The lowest BCUT2D eigenvalue weighted by Crippen LogP contribution is -2.30. The molecule has 0 aromatic heterocycles. The average Bonchev–Trinajstić information content (AvgIpc) is 2.15. The van der Waals surface area contributed by atoms with E-state index in [1.807, 2.05) is 18.2 Å². The summed E-state index contributed by atoms with van der Waals surface area (Å²) in [4.78, 5) is 1.48. The molecule has 0 heterocycles. The van der Waals surface area contributed by atoms with Crippen LogP contribution in [0.5, 0.6) is 0 Å². The molecule has 0 radical (unpaired) electrons. The van der Waals surface area contributed by atoms with Gasteiger partial charge in [0.05, 0.1) is 0 Å². The molecule has 3 nitrogen and oxygen atoms in total. The summed E-state index contributed by atoms with van der Waals surface area (Å²) in [5, 5.41) is 0. The van der Waals surface area contributed by atoms with Crippen molar-refractivity contribution in [3.05, 3.63) is 30.3 Å². The van der Waals surface area contributed by atoms with E-state index in [-0.39, 0.29) is 4.32 Å². The predicted molar refractivity (Wildman–Crippen MR) is 62.3 cm³/mol. The highest BCUT2D eigenvalue weighted by Gasteiger charge is 2.16. The van der Waals surface area contributed by atoms with Crippen LogP contribution in [0.4, 0.5) is 5.69 Å². The van der Waals surface area contributed by atoms with E-state index in [2.05, 4.69) is 0 Å². The molecule has 0 unspecified atom stereocenters. The van der Waals surface area contributed by atoms with E-state index < -0.39 is 9.84 Å². The maximum atomic E-state index is 11.2. The van der Waals surface area contributed by atoms with E-state index >= 15 is 0 Å². The minimum Gasteiger partial charge on any atom is -0.326 e. The van der Waals surface area contributed by atoms with Gasteiger partial charge in [0, 0.05) is 19.0 Å². The van der Waals surface area contributed by atoms with Crippen LogP contribution in [0.3, 0.4) is 0 Å². The van der Waals surface area contributed by atoms with Crippen LogP contribution in [0.1, 0.15) is 0 Å². The highest BCUT2D eigenvalue weighted by Crippen LogP contribution is 2.13. The Kier molecular flexibility index (Phi) is 3.23. The molecule has 1 aromatic rings. The monoisotopic (exact) mass is 229 g/mol. The normalized spacial score (nSPS) is 11.0. The van der Waals surface area contributed by atoms with Crippen molar-refractivity contribution in [3.8, 4) is 0 Å². The molecular formula is C9H11NO2S2. The fraction of sp³-hybridized carbons (Fsp3) is 0.222. The maximum Gasteiger partial charge on any atom is 0.201 e. The number of para-hydroxylation sites is 1. The fourth-order valence-electron chi connectivity index (χ4n) is 1.01. The minimum atomic E-state index is -3.29. The van der Waals surface area contributed by atoms with E-state index in [9.17, 15) is 8.42 Å². The molecule has 0 N–H and O–H groups in total. The van der Waals surface area contributed by atoms with Crippen molar-refractivity contribution in [1.29, 1.82) is 0 Å². The number of rotatable bonds is 1. The third-order valence-corrected chi connectivity index (χ3v) is 3.82. The zero-order valence-corrected chi connectivity index (χ0v) is 9.60. The van der Waals surface area contributed by atoms with Gasteiger partial charge in [-0.3, -0.25) is 0 Å².